The fraction of sp³-hybridized carbons (Fsp3) is 0.133. The van der Waals surface area contributed by atoms with Crippen LogP contribution in [0.4, 0.5) is 0 Å². The minimum atomic E-state index is -0.883. The van der Waals surface area contributed by atoms with Crippen molar-refractivity contribution in [2.45, 2.75) is 11.3 Å². The third kappa shape index (κ3) is 3.14. The number of thioether (sulfide) groups is 1. The van der Waals surface area contributed by atoms with E-state index in [1.807, 2.05) is 12.1 Å². The van der Waals surface area contributed by atoms with Crippen molar-refractivity contribution in [2.24, 2.45) is 0 Å². The molecular weight excluding hydrogens is 244 g/mol. The smallest absolute Gasteiger partial charge is 0.335 e. The first-order valence-corrected chi connectivity index (χ1v) is 6.86. The summed E-state index contributed by atoms with van der Waals surface area (Å²) in [7, 11) is 0. The first-order valence-electron chi connectivity index (χ1n) is 5.64. The van der Waals surface area contributed by atoms with Gasteiger partial charge >= 0.3 is 5.97 Å². The Morgan fingerprint density at radius 2 is 1.50 bits per heavy atom. The van der Waals surface area contributed by atoms with Gasteiger partial charge in [-0.15, -0.1) is 11.8 Å². The van der Waals surface area contributed by atoms with Crippen molar-refractivity contribution in [3.8, 4) is 0 Å². The Morgan fingerprint density at radius 3 is 1.94 bits per heavy atom. The summed E-state index contributed by atoms with van der Waals surface area (Å²) in [6, 6.07) is 15.4. The molecule has 2 aromatic rings. The molecule has 0 amide bonds. The average Bonchev–Trinajstić information content (AvgIpc) is 2.40. The molecule has 0 aliphatic carbocycles. The molecule has 92 valence electrons. The van der Waals surface area contributed by atoms with E-state index in [2.05, 4.69) is 30.5 Å². The molecule has 0 spiro atoms. The van der Waals surface area contributed by atoms with Crippen LogP contribution < -0.4 is 0 Å². The third-order valence-electron chi connectivity index (χ3n) is 2.77. The number of carboxylic acids is 1. The van der Waals surface area contributed by atoms with Gasteiger partial charge in [-0.3, -0.25) is 0 Å². The highest BCUT2D eigenvalue weighted by Crippen LogP contribution is 2.17. The van der Waals surface area contributed by atoms with Crippen LogP contribution in [-0.4, -0.2) is 17.3 Å². The van der Waals surface area contributed by atoms with Crippen molar-refractivity contribution in [3.63, 3.8) is 0 Å². The van der Waals surface area contributed by atoms with Gasteiger partial charge in [-0.25, -0.2) is 4.79 Å². The Balaban J connectivity index is 2.10. The highest BCUT2D eigenvalue weighted by atomic mass is 32.2. The van der Waals surface area contributed by atoms with Crippen molar-refractivity contribution in [1.29, 1.82) is 0 Å². The van der Waals surface area contributed by atoms with Crippen molar-refractivity contribution in [1.82, 2.24) is 0 Å². The van der Waals surface area contributed by atoms with Gasteiger partial charge in [0.05, 0.1) is 5.56 Å². The van der Waals surface area contributed by atoms with Gasteiger partial charge in [-0.1, -0.05) is 24.3 Å². The van der Waals surface area contributed by atoms with E-state index >= 15 is 0 Å². The predicted octanol–water partition coefficient (Wildman–Crippen LogP) is 3.70. The highest BCUT2D eigenvalue weighted by Gasteiger charge is 2.02. The molecule has 0 radical (unpaired) electrons. The number of aromatic carboxylic acids is 1. The lowest BCUT2D eigenvalue weighted by Gasteiger charge is -2.04. The maximum atomic E-state index is 10.7. The zero-order chi connectivity index (χ0) is 13.0. The predicted molar refractivity (Wildman–Crippen MR) is 74.4 cm³/mol. The Bertz CT molecular complexity index is 529. The Morgan fingerprint density at radius 1 is 1.00 bits per heavy atom. The standard InChI is InChI=1S/C15H14O2S/c1-18-14-8-4-12(5-9-14)10-11-2-6-13(7-3-11)15(16)17/h2-9H,10H2,1H3,(H,16,17). The zero-order valence-corrected chi connectivity index (χ0v) is 10.9. The Kier molecular flexibility index (Phi) is 4.05. The summed E-state index contributed by atoms with van der Waals surface area (Å²) in [5.74, 6) is -0.883. The molecule has 0 heterocycles. The van der Waals surface area contributed by atoms with Gasteiger partial charge in [-0.05, 0) is 48.1 Å². The van der Waals surface area contributed by atoms with Gasteiger partial charge in [0, 0.05) is 4.90 Å². The van der Waals surface area contributed by atoms with Crippen LogP contribution in [0.2, 0.25) is 0 Å². The van der Waals surface area contributed by atoms with E-state index in [9.17, 15) is 4.79 Å². The maximum absolute atomic E-state index is 10.7. The van der Waals surface area contributed by atoms with Gasteiger partial charge in [0.1, 0.15) is 0 Å². The number of rotatable bonds is 4. The van der Waals surface area contributed by atoms with Crippen LogP contribution in [0.3, 0.4) is 0 Å². The highest BCUT2D eigenvalue weighted by molar-refractivity contribution is 7.98. The lowest BCUT2D eigenvalue weighted by molar-refractivity contribution is 0.0697. The average molecular weight is 258 g/mol. The van der Waals surface area contributed by atoms with Crippen LogP contribution >= 0.6 is 11.8 Å². The fourth-order valence-corrected chi connectivity index (χ4v) is 2.15. The second kappa shape index (κ2) is 5.74. The summed E-state index contributed by atoms with van der Waals surface area (Å²) in [5.41, 5.74) is 2.68. The molecule has 0 atom stereocenters. The molecule has 0 saturated carbocycles. The van der Waals surface area contributed by atoms with E-state index in [0.29, 0.717) is 5.56 Å². The minimum Gasteiger partial charge on any atom is -0.478 e. The first kappa shape index (κ1) is 12.7. The lowest BCUT2D eigenvalue weighted by Crippen LogP contribution is -1.96. The monoisotopic (exact) mass is 258 g/mol. The van der Waals surface area contributed by atoms with Crippen LogP contribution in [0.5, 0.6) is 0 Å². The Hall–Kier alpha value is -1.74. The molecule has 2 aromatic carbocycles. The molecule has 0 fully saturated rings. The van der Waals surface area contributed by atoms with Crippen LogP contribution in [0, 0.1) is 0 Å². The van der Waals surface area contributed by atoms with Crippen LogP contribution in [0.15, 0.2) is 53.4 Å². The topological polar surface area (TPSA) is 37.3 Å². The molecule has 0 saturated heterocycles. The quantitative estimate of drug-likeness (QED) is 0.850. The van der Waals surface area contributed by atoms with Gasteiger partial charge in [0.2, 0.25) is 0 Å². The van der Waals surface area contributed by atoms with Gasteiger partial charge < -0.3 is 5.11 Å². The molecule has 2 rings (SSSR count). The summed E-state index contributed by atoms with van der Waals surface area (Å²) in [4.78, 5) is 12.0. The van der Waals surface area contributed by atoms with Crippen LogP contribution in [0.25, 0.3) is 0 Å². The van der Waals surface area contributed by atoms with E-state index in [1.54, 1.807) is 23.9 Å². The summed E-state index contributed by atoms with van der Waals surface area (Å²) < 4.78 is 0. The summed E-state index contributed by atoms with van der Waals surface area (Å²) in [5, 5.41) is 8.82. The van der Waals surface area contributed by atoms with Gasteiger partial charge in [0.25, 0.3) is 0 Å². The number of benzene rings is 2. The van der Waals surface area contributed by atoms with E-state index < -0.39 is 5.97 Å². The van der Waals surface area contributed by atoms with E-state index in [0.717, 1.165) is 12.0 Å². The van der Waals surface area contributed by atoms with Crippen molar-refractivity contribution in [2.75, 3.05) is 6.26 Å². The molecule has 0 bridgehead atoms. The molecule has 0 unspecified atom stereocenters. The van der Waals surface area contributed by atoms with E-state index in [4.69, 9.17) is 5.11 Å². The van der Waals surface area contributed by atoms with E-state index in [1.165, 1.54) is 10.5 Å². The molecule has 3 heteroatoms. The van der Waals surface area contributed by atoms with Gasteiger partial charge in [0.15, 0.2) is 0 Å². The molecule has 1 N–H and O–H groups in total. The summed E-state index contributed by atoms with van der Waals surface area (Å²) >= 11 is 1.72. The molecule has 0 aromatic heterocycles. The summed E-state index contributed by atoms with van der Waals surface area (Å²) in [6.07, 6.45) is 2.88. The SMILES string of the molecule is CSc1ccc(Cc2ccc(C(=O)O)cc2)cc1. The van der Waals surface area contributed by atoms with Crippen LogP contribution in [0.1, 0.15) is 21.5 Å². The molecular formula is C15H14O2S. The van der Waals surface area contributed by atoms with Gasteiger partial charge in [-0.2, -0.15) is 0 Å². The molecule has 18 heavy (non-hydrogen) atoms. The second-order valence-corrected chi connectivity index (χ2v) is 4.91. The first-order chi connectivity index (χ1) is 8.69. The molecule has 0 aliphatic rings. The fourth-order valence-electron chi connectivity index (χ4n) is 1.74. The van der Waals surface area contributed by atoms with Crippen molar-refractivity contribution >= 4 is 17.7 Å². The molecule has 2 nitrogen and oxygen atoms in total. The second-order valence-electron chi connectivity index (χ2n) is 4.03. The van der Waals surface area contributed by atoms with Crippen LogP contribution in [-0.2, 0) is 6.42 Å². The minimum absolute atomic E-state index is 0.330. The number of carboxylic acid groups (broad SMARTS) is 1. The summed E-state index contributed by atoms with van der Waals surface area (Å²) in [6.45, 7) is 0. The third-order valence-corrected chi connectivity index (χ3v) is 3.51. The number of hydrogen-bond acceptors (Lipinski definition) is 2. The largest absolute Gasteiger partial charge is 0.478 e. The number of hydrogen-bond donors (Lipinski definition) is 1. The van der Waals surface area contributed by atoms with Crippen molar-refractivity contribution < 1.29 is 9.90 Å². The number of carbonyl (C=O) groups is 1. The molecule has 0 aliphatic heterocycles. The zero-order valence-electron chi connectivity index (χ0n) is 10.1. The van der Waals surface area contributed by atoms with E-state index in [-0.39, 0.29) is 0 Å². The normalized spacial score (nSPS) is 10.3. The maximum Gasteiger partial charge on any atom is 0.335 e. The Labute approximate surface area is 111 Å². The van der Waals surface area contributed by atoms with Crippen molar-refractivity contribution in [3.05, 3.63) is 65.2 Å². The lowest BCUT2D eigenvalue weighted by atomic mass is 10.0.